The van der Waals surface area contributed by atoms with E-state index in [9.17, 15) is 9.59 Å². The number of hydrogen-bond donors (Lipinski definition) is 2. The molecule has 0 aliphatic heterocycles. The molecule has 0 aliphatic rings. The van der Waals surface area contributed by atoms with Crippen LogP contribution in [0, 0.1) is 0 Å². The Morgan fingerprint density at radius 3 is 2.45 bits per heavy atom. The molecule has 1 aromatic heterocycles. The summed E-state index contributed by atoms with van der Waals surface area (Å²) in [6.07, 6.45) is 0. The first-order chi connectivity index (χ1) is 15.3. The monoisotopic (exact) mass is 501 g/mol. The number of rotatable bonds is 6. The number of benzene rings is 3. The molecular weight excluding hydrogens is 477 g/mol. The van der Waals surface area contributed by atoms with Gasteiger partial charge in [0.2, 0.25) is 0 Å². The minimum absolute atomic E-state index is 0. The van der Waals surface area contributed by atoms with E-state index in [1.54, 1.807) is 29.2 Å². The van der Waals surface area contributed by atoms with Crippen LogP contribution < -0.4 is 10.6 Å². The van der Waals surface area contributed by atoms with Gasteiger partial charge in [0.25, 0.3) is 5.91 Å². The van der Waals surface area contributed by atoms with Crippen molar-refractivity contribution >= 4 is 51.5 Å². The quantitative estimate of drug-likeness (QED) is 0.355. The van der Waals surface area contributed by atoms with Crippen molar-refractivity contribution in [3.63, 3.8) is 0 Å². The summed E-state index contributed by atoms with van der Waals surface area (Å²) in [6, 6.07) is 20.9. The lowest BCUT2D eigenvalue weighted by Gasteiger charge is -2.38. The number of fused-ring (bicyclic) bond motifs is 1. The largest absolute Gasteiger partial charge is 0.328 e. The molecule has 0 unspecified atom stereocenters. The molecule has 172 valence electrons. The summed E-state index contributed by atoms with van der Waals surface area (Å²) in [5.74, 6) is -0.0963. The molecule has 4 rings (SSSR count). The highest BCUT2D eigenvalue weighted by molar-refractivity contribution is 7.16. The molecule has 33 heavy (non-hydrogen) atoms. The van der Waals surface area contributed by atoms with Crippen molar-refractivity contribution in [3.05, 3.63) is 92.5 Å². The number of amides is 1. The first kappa shape index (κ1) is 25.0. The number of carbonyl (C=O) groups is 1. The summed E-state index contributed by atoms with van der Waals surface area (Å²) in [7, 11) is 0. The lowest BCUT2D eigenvalue weighted by atomic mass is 9.98. The number of hydrogen-bond acceptors (Lipinski definition) is 4. The van der Waals surface area contributed by atoms with Crippen LogP contribution in [0.25, 0.3) is 21.3 Å². The van der Waals surface area contributed by atoms with Gasteiger partial charge in [0.1, 0.15) is 0 Å². The predicted molar refractivity (Wildman–Crippen MR) is 140 cm³/mol. The zero-order chi connectivity index (χ0) is 22.9. The molecule has 0 saturated carbocycles. The van der Waals surface area contributed by atoms with Crippen LogP contribution in [0.1, 0.15) is 29.8 Å². The summed E-state index contributed by atoms with van der Waals surface area (Å²) in [5, 5.41) is 0.586. The molecule has 0 atom stereocenters. The molecule has 0 aliphatic carbocycles. The van der Waals surface area contributed by atoms with Gasteiger partial charge < -0.3 is 15.6 Å². The third-order valence-electron chi connectivity index (χ3n) is 5.59. The first-order valence-electron chi connectivity index (χ1n) is 10.3. The van der Waals surface area contributed by atoms with E-state index in [2.05, 4.69) is 11.1 Å². The van der Waals surface area contributed by atoms with Gasteiger partial charge in [0, 0.05) is 23.7 Å². The standard InChI is InChI=1S/C25H24ClN3O2S.ClH/c1-25(2,15-27)29(23(30)17-6-9-20(26)10-7-17)14-16-4-3-5-18(12-16)19-8-11-21-22(13-19)32-24(31)28-21;/h3-13H,14-15,27H2,1-2H3,(H,28,31);1H. The Hall–Kier alpha value is -2.64. The molecule has 1 heterocycles. The zero-order valence-corrected chi connectivity index (χ0v) is 20.7. The van der Waals surface area contributed by atoms with Crippen LogP contribution in [0.3, 0.4) is 0 Å². The molecular formula is C25H25Cl2N3O2S. The van der Waals surface area contributed by atoms with Gasteiger partial charge in [0.15, 0.2) is 0 Å². The SMILES string of the molecule is CC(C)(CN)N(Cc1cccc(-c2ccc3[nH]c(=O)sc3c2)c1)C(=O)c1ccc(Cl)cc1.Cl. The molecule has 0 bridgehead atoms. The number of halogens is 2. The fraction of sp³-hybridized carbons (Fsp3) is 0.200. The second-order valence-corrected chi connectivity index (χ2v) is 9.79. The van der Waals surface area contributed by atoms with Crippen LogP contribution in [0.2, 0.25) is 5.02 Å². The fourth-order valence-electron chi connectivity index (χ4n) is 3.58. The van der Waals surface area contributed by atoms with E-state index in [1.165, 1.54) is 11.3 Å². The smallest absolute Gasteiger partial charge is 0.305 e. The molecule has 0 radical (unpaired) electrons. The maximum atomic E-state index is 13.4. The number of aromatic nitrogens is 1. The number of aromatic amines is 1. The van der Waals surface area contributed by atoms with Crippen LogP contribution in [-0.2, 0) is 6.54 Å². The Morgan fingerprint density at radius 1 is 1.06 bits per heavy atom. The molecule has 5 nitrogen and oxygen atoms in total. The van der Waals surface area contributed by atoms with Crippen LogP contribution in [-0.4, -0.2) is 27.9 Å². The summed E-state index contributed by atoms with van der Waals surface area (Å²) in [5.41, 5.74) is 9.94. The maximum absolute atomic E-state index is 13.4. The number of H-pyrrole nitrogens is 1. The number of carbonyl (C=O) groups excluding carboxylic acids is 1. The van der Waals surface area contributed by atoms with E-state index in [0.717, 1.165) is 26.9 Å². The minimum Gasteiger partial charge on any atom is -0.328 e. The second-order valence-electron chi connectivity index (χ2n) is 8.34. The minimum atomic E-state index is -0.539. The summed E-state index contributed by atoms with van der Waals surface area (Å²) < 4.78 is 0.918. The van der Waals surface area contributed by atoms with Crippen molar-refractivity contribution in [2.24, 2.45) is 5.73 Å². The third-order valence-corrected chi connectivity index (χ3v) is 6.69. The Labute approximate surface area is 207 Å². The Kier molecular flexibility index (Phi) is 7.65. The number of nitrogens with one attached hydrogen (secondary N) is 1. The molecule has 3 aromatic carbocycles. The van der Waals surface area contributed by atoms with Crippen molar-refractivity contribution in [2.75, 3.05) is 6.54 Å². The summed E-state index contributed by atoms with van der Waals surface area (Å²) in [6.45, 7) is 4.67. The average Bonchev–Trinajstić information content (AvgIpc) is 3.17. The first-order valence-corrected chi connectivity index (χ1v) is 11.5. The molecule has 0 saturated heterocycles. The lowest BCUT2D eigenvalue weighted by molar-refractivity contribution is 0.0539. The van der Waals surface area contributed by atoms with Gasteiger partial charge in [-0.1, -0.05) is 47.2 Å². The van der Waals surface area contributed by atoms with Crippen LogP contribution in [0.5, 0.6) is 0 Å². The van der Waals surface area contributed by atoms with Gasteiger partial charge in [0.05, 0.1) is 15.8 Å². The Morgan fingerprint density at radius 2 is 1.76 bits per heavy atom. The number of nitrogens with zero attached hydrogens (tertiary/aromatic N) is 1. The van der Waals surface area contributed by atoms with Crippen molar-refractivity contribution in [1.82, 2.24) is 9.88 Å². The second kappa shape index (κ2) is 10.1. The van der Waals surface area contributed by atoms with E-state index in [1.807, 2.05) is 50.2 Å². The van der Waals surface area contributed by atoms with Crippen molar-refractivity contribution in [3.8, 4) is 11.1 Å². The van der Waals surface area contributed by atoms with Crippen LogP contribution in [0.4, 0.5) is 0 Å². The highest BCUT2D eigenvalue weighted by atomic mass is 35.5. The van der Waals surface area contributed by atoms with Gasteiger partial charge in [-0.2, -0.15) is 0 Å². The highest BCUT2D eigenvalue weighted by Crippen LogP contribution is 2.27. The van der Waals surface area contributed by atoms with E-state index in [0.29, 0.717) is 23.7 Å². The van der Waals surface area contributed by atoms with Gasteiger partial charge >= 0.3 is 4.87 Å². The van der Waals surface area contributed by atoms with Gasteiger partial charge in [-0.3, -0.25) is 9.59 Å². The van der Waals surface area contributed by atoms with E-state index < -0.39 is 5.54 Å². The Balaban J connectivity index is 0.00000306. The topological polar surface area (TPSA) is 79.2 Å². The maximum Gasteiger partial charge on any atom is 0.305 e. The zero-order valence-electron chi connectivity index (χ0n) is 18.3. The third kappa shape index (κ3) is 5.47. The molecule has 3 N–H and O–H groups in total. The predicted octanol–water partition coefficient (Wildman–Crippen LogP) is 5.71. The highest BCUT2D eigenvalue weighted by Gasteiger charge is 2.30. The van der Waals surface area contributed by atoms with Crippen LogP contribution in [0.15, 0.2) is 71.5 Å². The Bertz CT molecular complexity index is 1330. The number of thiazole rings is 1. The number of nitrogens with two attached hydrogens (primary N) is 1. The molecule has 0 fully saturated rings. The van der Waals surface area contributed by atoms with E-state index in [4.69, 9.17) is 17.3 Å². The van der Waals surface area contributed by atoms with E-state index in [-0.39, 0.29) is 23.2 Å². The van der Waals surface area contributed by atoms with Crippen LogP contribution >= 0.6 is 35.3 Å². The molecule has 4 aromatic rings. The fourth-order valence-corrected chi connectivity index (χ4v) is 4.48. The molecule has 1 amide bonds. The average molecular weight is 502 g/mol. The van der Waals surface area contributed by atoms with Crippen molar-refractivity contribution < 1.29 is 4.79 Å². The van der Waals surface area contributed by atoms with Crippen molar-refractivity contribution in [1.29, 1.82) is 0 Å². The lowest BCUT2D eigenvalue weighted by Crippen LogP contribution is -2.51. The summed E-state index contributed by atoms with van der Waals surface area (Å²) in [4.78, 5) is 29.6. The molecule has 8 heteroatoms. The normalized spacial score (nSPS) is 11.3. The molecule has 0 spiro atoms. The van der Waals surface area contributed by atoms with E-state index >= 15 is 0 Å². The van der Waals surface area contributed by atoms with Crippen molar-refractivity contribution in [2.45, 2.75) is 25.9 Å². The van der Waals surface area contributed by atoms with Gasteiger partial charge in [-0.25, -0.2) is 0 Å². The van der Waals surface area contributed by atoms with Gasteiger partial charge in [-0.15, -0.1) is 12.4 Å². The summed E-state index contributed by atoms with van der Waals surface area (Å²) >= 11 is 7.19. The van der Waals surface area contributed by atoms with Gasteiger partial charge in [-0.05, 0) is 73.0 Å².